The Bertz CT molecular complexity index is 1230. The number of benzene rings is 3. The predicted molar refractivity (Wildman–Crippen MR) is 136 cm³/mol. The molecule has 0 radical (unpaired) electrons. The number of hydrogen-bond acceptors (Lipinski definition) is 3. The lowest BCUT2D eigenvalue weighted by molar-refractivity contribution is 0.0949. The number of hydrogen-bond donors (Lipinski definition) is 1. The van der Waals surface area contributed by atoms with Crippen LogP contribution < -0.4 is 10.1 Å². The van der Waals surface area contributed by atoms with E-state index in [1.165, 1.54) is 11.1 Å². The molecule has 3 aromatic carbocycles. The molecule has 4 aromatic rings. The van der Waals surface area contributed by atoms with Gasteiger partial charge in [-0.15, -0.1) is 0 Å². The van der Waals surface area contributed by atoms with Crippen molar-refractivity contribution >= 4 is 32.9 Å². The lowest BCUT2D eigenvalue weighted by Gasteiger charge is -2.11. The second-order valence-corrected chi connectivity index (χ2v) is 9.15. The summed E-state index contributed by atoms with van der Waals surface area (Å²) >= 11 is 3.40. The van der Waals surface area contributed by atoms with E-state index < -0.39 is 0 Å². The highest BCUT2D eigenvalue weighted by Gasteiger charge is 2.12. The molecule has 33 heavy (non-hydrogen) atoms. The molecule has 170 valence electrons. The van der Waals surface area contributed by atoms with Crippen molar-refractivity contribution in [1.29, 1.82) is 0 Å². The van der Waals surface area contributed by atoms with Crippen molar-refractivity contribution in [3.05, 3.63) is 93.7 Å². The maximum absolute atomic E-state index is 12.6. The number of carbonyl (C=O) groups excluding carboxylic acids is 1. The maximum Gasteiger partial charge on any atom is 0.251 e. The molecule has 1 amide bonds. The van der Waals surface area contributed by atoms with Gasteiger partial charge in [0.15, 0.2) is 0 Å². The van der Waals surface area contributed by atoms with Crippen LogP contribution in [-0.4, -0.2) is 22.1 Å². The van der Waals surface area contributed by atoms with Crippen molar-refractivity contribution in [3.63, 3.8) is 0 Å². The average Bonchev–Trinajstić information content (AvgIpc) is 3.14. The normalized spacial score (nSPS) is 11.0. The fourth-order valence-electron chi connectivity index (χ4n) is 3.95. The molecule has 6 heteroatoms. The zero-order valence-corrected chi connectivity index (χ0v) is 20.6. The van der Waals surface area contributed by atoms with E-state index in [9.17, 15) is 4.79 Å². The Labute approximate surface area is 202 Å². The number of halogens is 1. The highest BCUT2D eigenvalue weighted by Crippen LogP contribution is 2.19. The number of imidazole rings is 1. The van der Waals surface area contributed by atoms with Crippen LogP contribution in [0.15, 0.2) is 71.2 Å². The van der Waals surface area contributed by atoms with Gasteiger partial charge in [0.05, 0.1) is 24.2 Å². The molecule has 0 unspecified atom stereocenters. The zero-order chi connectivity index (χ0) is 23.2. The van der Waals surface area contributed by atoms with Crippen molar-refractivity contribution in [3.8, 4) is 5.75 Å². The summed E-state index contributed by atoms with van der Waals surface area (Å²) in [6.45, 7) is 6.04. The Morgan fingerprint density at radius 1 is 1.00 bits per heavy atom. The van der Waals surface area contributed by atoms with Gasteiger partial charge in [0.2, 0.25) is 0 Å². The Kier molecular flexibility index (Phi) is 7.45. The van der Waals surface area contributed by atoms with Crippen molar-refractivity contribution in [2.45, 2.75) is 39.8 Å². The molecule has 0 fully saturated rings. The van der Waals surface area contributed by atoms with Crippen LogP contribution in [0.5, 0.6) is 5.75 Å². The number of nitrogens with one attached hydrogen (secondary N) is 1. The van der Waals surface area contributed by atoms with E-state index in [0.29, 0.717) is 18.7 Å². The quantitative estimate of drug-likeness (QED) is 0.275. The van der Waals surface area contributed by atoms with Crippen LogP contribution >= 0.6 is 15.9 Å². The first kappa shape index (κ1) is 23.1. The number of carbonyl (C=O) groups is 1. The maximum atomic E-state index is 12.6. The fraction of sp³-hybridized carbons (Fsp3) is 0.259. The molecule has 4 rings (SSSR count). The van der Waals surface area contributed by atoms with Crippen molar-refractivity contribution in [2.24, 2.45) is 0 Å². The summed E-state index contributed by atoms with van der Waals surface area (Å²) in [5.41, 5.74) is 5.08. The molecule has 1 N–H and O–H groups in total. The SMILES string of the molecule is Cc1cc(C)cc(OCCCCn2c(CNC(=O)c3ccc(Br)cc3)nc3ccccc32)c1. The minimum absolute atomic E-state index is 0.108. The summed E-state index contributed by atoms with van der Waals surface area (Å²) in [7, 11) is 0. The van der Waals surface area contributed by atoms with Crippen LogP contribution in [0.25, 0.3) is 11.0 Å². The number of rotatable bonds is 9. The zero-order valence-electron chi connectivity index (χ0n) is 19.0. The molecule has 0 saturated heterocycles. The topological polar surface area (TPSA) is 56.1 Å². The largest absolute Gasteiger partial charge is 0.494 e. The van der Waals surface area contributed by atoms with Gasteiger partial charge in [0.25, 0.3) is 5.91 Å². The van der Waals surface area contributed by atoms with Crippen LogP contribution in [-0.2, 0) is 13.1 Å². The Morgan fingerprint density at radius 2 is 1.73 bits per heavy atom. The fourth-order valence-corrected chi connectivity index (χ4v) is 4.22. The van der Waals surface area contributed by atoms with E-state index >= 15 is 0 Å². The monoisotopic (exact) mass is 505 g/mol. The number of amides is 1. The van der Waals surface area contributed by atoms with Crippen LogP contribution in [0.1, 0.15) is 40.2 Å². The van der Waals surface area contributed by atoms with Crippen molar-refractivity contribution in [2.75, 3.05) is 6.61 Å². The molecule has 0 spiro atoms. The molecule has 0 bridgehead atoms. The molecule has 1 heterocycles. The van der Waals surface area contributed by atoms with E-state index in [2.05, 4.69) is 63.9 Å². The first-order valence-corrected chi connectivity index (χ1v) is 12.0. The lowest BCUT2D eigenvalue weighted by atomic mass is 10.1. The number of ether oxygens (including phenoxy) is 1. The second kappa shape index (κ2) is 10.7. The Balaban J connectivity index is 1.37. The van der Waals surface area contributed by atoms with E-state index in [1.54, 1.807) is 12.1 Å². The Morgan fingerprint density at radius 3 is 2.48 bits per heavy atom. The molecule has 5 nitrogen and oxygen atoms in total. The van der Waals surface area contributed by atoms with Crippen molar-refractivity contribution < 1.29 is 9.53 Å². The summed E-state index contributed by atoms with van der Waals surface area (Å²) < 4.78 is 9.10. The number of unbranched alkanes of at least 4 members (excludes halogenated alkanes) is 1. The first-order chi connectivity index (χ1) is 16.0. The number of fused-ring (bicyclic) bond motifs is 1. The summed E-state index contributed by atoms with van der Waals surface area (Å²) in [4.78, 5) is 17.3. The van der Waals surface area contributed by atoms with E-state index in [-0.39, 0.29) is 5.91 Å². The third kappa shape index (κ3) is 6.02. The molecule has 0 aliphatic carbocycles. The number of aryl methyl sites for hydroxylation is 3. The van der Waals surface area contributed by atoms with E-state index in [0.717, 1.165) is 46.5 Å². The van der Waals surface area contributed by atoms with Crippen molar-refractivity contribution in [1.82, 2.24) is 14.9 Å². The molecule has 0 aliphatic rings. The first-order valence-electron chi connectivity index (χ1n) is 11.2. The Hall–Kier alpha value is -3.12. The summed E-state index contributed by atoms with van der Waals surface area (Å²) in [5, 5.41) is 3.01. The summed E-state index contributed by atoms with van der Waals surface area (Å²) in [6.07, 6.45) is 1.89. The molecule has 0 aliphatic heterocycles. The molecular formula is C27H28BrN3O2. The van der Waals surface area contributed by atoms with Gasteiger partial charge in [-0.2, -0.15) is 0 Å². The highest BCUT2D eigenvalue weighted by molar-refractivity contribution is 9.10. The average molecular weight is 506 g/mol. The summed E-state index contributed by atoms with van der Waals surface area (Å²) in [6, 6.07) is 21.7. The molecule has 0 saturated carbocycles. The lowest BCUT2D eigenvalue weighted by Crippen LogP contribution is -2.24. The minimum atomic E-state index is -0.108. The van der Waals surface area contributed by atoms with Gasteiger partial charge >= 0.3 is 0 Å². The number of nitrogens with zero attached hydrogens (tertiary/aromatic N) is 2. The van der Waals surface area contributed by atoms with Gasteiger partial charge in [-0.1, -0.05) is 34.1 Å². The third-order valence-electron chi connectivity index (χ3n) is 5.49. The van der Waals surface area contributed by atoms with E-state index in [4.69, 9.17) is 9.72 Å². The second-order valence-electron chi connectivity index (χ2n) is 8.24. The van der Waals surface area contributed by atoms with Gasteiger partial charge < -0.3 is 14.6 Å². The van der Waals surface area contributed by atoms with Crippen LogP contribution in [0.4, 0.5) is 0 Å². The molecular weight excluding hydrogens is 478 g/mol. The number of aromatic nitrogens is 2. The molecule has 1 aromatic heterocycles. The smallest absolute Gasteiger partial charge is 0.251 e. The number of para-hydroxylation sites is 2. The standard InChI is InChI=1S/C27H28BrN3O2/c1-19-15-20(2)17-23(16-19)33-14-6-5-13-31-25-8-4-3-7-24(25)30-26(31)18-29-27(32)21-9-11-22(28)12-10-21/h3-4,7-12,15-17H,5-6,13-14,18H2,1-2H3,(H,29,32). The van der Waals surface area contributed by atoms with Gasteiger partial charge in [-0.3, -0.25) is 4.79 Å². The van der Waals surface area contributed by atoms with Gasteiger partial charge in [-0.25, -0.2) is 4.98 Å². The predicted octanol–water partition coefficient (Wildman–Crippen LogP) is 6.20. The van der Waals surface area contributed by atoms with Crippen LogP contribution in [0.2, 0.25) is 0 Å². The van der Waals surface area contributed by atoms with Crippen LogP contribution in [0.3, 0.4) is 0 Å². The van der Waals surface area contributed by atoms with Gasteiger partial charge in [0.1, 0.15) is 11.6 Å². The van der Waals surface area contributed by atoms with Gasteiger partial charge in [0, 0.05) is 16.6 Å². The van der Waals surface area contributed by atoms with Gasteiger partial charge in [-0.05, 0) is 86.3 Å². The summed E-state index contributed by atoms with van der Waals surface area (Å²) in [5.74, 6) is 1.68. The van der Waals surface area contributed by atoms with Crippen LogP contribution in [0, 0.1) is 13.8 Å². The highest BCUT2D eigenvalue weighted by atomic mass is 79.9. The molecule has 0 atom stereocenters. The minimum Gasteiger partial charge on any atom is -0.494 e. The van der Waals surface area contributed by atoms with E-state index in [1.807, 2.05) is 30.3 Å². The third-order valence-corrected chi connectivity index (χ3v) is 6.02.